The Bertz CT molecular complexity index is 541. The highest BCUT2D eigenvalue weighted by Gasteiger charge is 2.11. The highest BCUT2D eigenvalue weighted by atomic mass is 35.5. The Morgan fingerprint density at radius 2 is 1.75 bits per heavy atom. The molecule has 2 rings (SSSR count). The number of nitrogens with two attached hydrogens (primary N) is 1. The monoisotopic (exact) mass is 255 g/mol. The quantitative estimate of drug-likeness (QED) is 0.752. The summed E-state index contributed by atoms with van der Waals surface area (Å²) in [6.07, 6.45) is 0. The molecule has 0 aliphatic heterocycles. The van der Waals surface area contributed by atoms with E-state index in [1.165, 1.54) is 18.2 Å². The molecule has 0 fully saturated rings. The molecule has 0 saturated carbocycles. The molecular weight excluding hydrogens is 248 g/mol. The van der Waals surface area contributed by atoms with Crippen molar-refractivity contribution in [3.8, 4) is 11.1 Å². The van der Waals surface area contributed by atoms with Gasteiger partial charge in [0.05, 0.1) is 10.0 Å². The lowest BCUT2D eigenvalue weighted by Gasteiger charge is -2.07. The third-order valence-electron chi connectivity index (χ3n) is 2.23. The van der Waals surface area contributed by atoms with Crippen LogP contribution < -0.4 is 5.73 Å². The Kier molecular flexibility index (Phi) is 3.03. The van der Waals surface area contributed by atoms with Gasteiger partial charge in [0.15, 0.2) is 0 Å². The number of benzene rings is 2. The second-order valence-corrected chi connectivity index (χ2v) is 4.13. The summed E-state index contributed by atoms with van der Waals surface area (Å²) in [6, 6.07) is 9.40. The first-order valence-corrected chi connectivity index (χ1v) is 5.34. The van der Waals surface area contributed by atoms with E-state index < -0.39 is 0 Å². The summed E-state index contributed by atoms with van der Waals surface area (Å²) in [5.74, 6) is -0.377. The fraction of sp³-hybridized carbons (Fsp3) is 0. The average Bonchev–Trinajstić information content (AvgIpc) is 2.26. The Balaban J connectivity index is 2.67. The first-order chi connectivity index (χ1) is 7.59. The first kappa shape index (κ1) is 11.2. The molecule has 0 spiro atoms. The van der Waals surface area contributed by atoms with Crippen LogP contribution in [0.15, 0.2) is 36.4 Å². The molecule has 0 saturated heterocycles. The van der Waals surface area contributed by atoms with Crippen LogP contribution >= 0.6 is 23.2 Å². The lowest BCUT2D eigenvalue weighted by Crippen LogP contribution is -1.90. The van der Waals surface area contributed by atoms with Crippen LogP contribution in [0.4, 0.5) is 10.1 Å². The van der Waals surface area contributed by atoms with Crippen LogP contribution in [0.2, 0.25) is 10.0 Å². The maximum atomic E-state index is 13.6. The first-order valence-electron chi connectivity index (χ1n) is 4.59. The largest absolute Gasteiger partial charge is 0.399 e. The zero-order valence-electron chi connectivity index (χ0n) is 8.18. The number of hydrogen-bond donors (Lipinski definition) is 1. The van der Waals surface area contributed by atoms with E-state index in [0.717, 1.165) is 0 Å². The molecule has 2 aromatic rings. The van der Waals surface area contributed by atoms with Gasteiger partial charge in [-0.05, 0) is 24.3 Å². The number of nitrogen functional groups attached to an aromatic ring is 1. The van der Waals surface area contributed by atoms with Crippen molar-refractivity contribution in [2.45, 2.75) is 0 Å². The second-order valence-electron chi connectivity index (χ2n) is 3.34. The average molecular weight is 256 g/mol. The maximum absolute atomic E-state index is 13.6. The van der Waals surface area contributed by atoms with Crippen molar-refractivity contribution < 1.29 is 4.39 Å². The third kappa shape index (κ3) is 1.99. The van der Waals surface area contributed by atoms with Gasteiger partial charge in [0, 0.05) is 16.8 Å². The zero-order valence-corrected chi connectivity index (χ0v) is 9.69. The maximum Gasteiger partial charge on any atom is 0.131 e. The van der Waals surface area contributed by atoms with Crippen molar-refractivity contribution in [2.24, 2.45) is 0 Å². The topological polar surface area (TPSA) is 26.0 Å². The highest BCUT2D eigenvalue weighted by molar-refractivity contribution is 6.43. The Morgan fingerprint density at radius 1 is 1.00 bits per heavy atom. The van der Waals surface area contributed by atoms with E-state index in [2.05, 4.69) is 0 Å². The summed E-state index contributed by atoms with van der Waals surface area (Å²) < 4.78 is 13.6. The predicted molar refractivity (Wildman–Crippen MR) is 66.3 cm³/mol. The normalized spacial score (nSPS) is 10.4. The third-order valence-corrected chi connectivity index (χ3v) is 3.05. The van der Waals surface area contributed by atoms with Crippen LogP contribution in [0.5, 0.6) is 0 Å². The lowest BCUT2D eigenvalue weighted by molar-refractivity contribution is 0.631. The van der Waals surface area contributed by atoms with Crippen molar-refractivity contribution in [1.82, 2.24) is 0 Å². The SMILES string of the molecule is Nc1ccc(F)c(-c2cccc(Cl)c2Cl)c1. The molecule has 4 heteroatoms. The minimum Gasteiger partial charge on any atom is -0.399 e. The molecule has 0 radical (unpaired) electrons. The molecule has 0 aromatic heterocycles. The van der Waals surface area contributed by atoms with Crippen LogP contribution in [-0.4, -0.2) is 0 Å². The molecule has 82 valence electrons. The summed E-state index contributed by atoms with van der Waals surface area (Å²) in [5.41, 5.74) is 6.98. The number of hydrogen-bond acceptors (Lipinski definition) is 1. The van der Waals surface area contributed by atoms with Crippen molar-refractivity contribution in [1.29, 1.82) is 0 Å². The second kappa shape index (κ2) is 4.32. The minimum atomic E-state index is -0.377. The Morgan fingerprint density at radius 3 is 2.50 bits per heavy atom. The van der Waals surface area contributed by atoms with Gasteiger partial charge in [-0.1, -0.05) is 35.3 Å². The Hall–Kier alpha value is -1.25. The Labute approximate surface area is 103 Å². The fourth-order valence-corrected chi connectivity index (χ4v) is 1.86. The standard InChI is InChI=1S/C12H8Cl2FN/c13-10-3-1-2-8(12(10)14)9-6-7(16)4-5-11(9)15/h1-6H,16H2. The van der Waals surface area contributed by atoms with Crippen molar-refractivity contribution in [3.05, 3.63) is 52.3 Å². The fourth-order valence-electron chi connectivity index (χ4n) is 1.46. The van der Waals surface area contributed by atoms with E-state index >= 15 is 0 Å². The summed E-state index contributed by atoms with van der Waals surface area (Å²) >= 11 is 11.9. The summed E-state index contributed by atoms with van der Waals surface area (Å²) in [6.45, 7) is 0. The number of anilines is 1. The van der Waals surface area contributed by atoms with Gasteiger partial charge >= 0.3 is 0 Å². The van der Waals surface area contributed by atoms with Gasteiger partial charge in [0.2, 0.25) is 0 Å². The molecule has 0 bridgehead atoms. The molecule has 0 heterocycles. The van der Waals surface area contributed by atoms with E-state index in [1.54, 1.807) is 18.2 Å². The lowest BCUT2D eigenvalue weighted by atomic mass is 10.0. The van der Waals surface area contributed by atoms with Gasteiger partial charge in [-0.3, -0.25) is 0 Å². The van der Waals surface area contributed by atoms with Crippen LogP contribution in [0.1, 0.15) is 0 Å². The van der Waals surface area contributed by atoms with Crippen molar-refractivity contribution >= 4 is 28.9 Å². The van der Waals surface area contributed by atoms with Crippen molar-refractivity contribution in [2.75, 3.05) is 5.73 Å². The van der Waals surface area contributed by atoms with Crippen molar-refractivity contribution in [3.63, 3.8) is 0 Å². The summed E-state index contributed by atoms with van der Waals surface area (Å²) in [4.78, 5) is 0. The molecule has 0 aliphatic rings. The van der Waals surface area contributed by atoms with Crippen LogP contribution in [-0.2, 0) is 0 Å². The smallest absolute Gasteiger partial charge is 0.131 e. The number of halogens is 3. The van der Waals surface area contributed by atoms with E-state index in [-0.39, 0.29) is 5.82 Å². The molecule has 1 nitrogen and oxygen atoms in total. The molecular formula is C12H8Cl2FN. The van der Waals surface area contributed by atoms with Gasteiger partial charge in [-0.15, -0.1) is 0 Å². The van der Waals surface area contributed by atoms with Gasteiger partial charge < -0.3 is 5.73 Å². The van der Waals surface area contributed by atoms with Crippen LogP contribution in [0.3, 0.4) is 0 Å². The molecule has 0 atom stereocenters. The van der Waals surface area contributed by atoms with E-state index in [1.807, 2.05) is 0 Å². The molecule has 2 aromatic carbocycles. The number of rotatable bonds is 1. The van der Waals surface area contributed by atoms with Crippen LogP contribution in [0.25, 0.3) is 11.1 Å². The van der Waals surface area contributed by atoms with Gasteiger partial charge in [0.25, 0.3) is 0 Å². The molecule has 0 unspecified atom stereocenters. The van der Waals surface area contributed by atoms with E-state index in [4.69, 9.17) is 28.9 Å². The molecule has 0 aliphatic carbocycles. The minimum absolute atomic E-state index is 0.327. The summed E-state index contributed by atoms with van der Waals surface area (Å²) in [7, 11) is 0. The predicted octanol–water partition coefficient (Wildman–Crippen LogP) is 4.38. The molecule has 0 amide bonds. The highest BCUT2D eigenvalue weighted by Crippen LogP contribution is 2.35. The van der Waals surface area contributed by atoms with E-state index in [0.29, 0.717) is 26.9 Å². The van der Waals surface area contributed by atoms with Crippen LogP contribution in [0, 0.1) is 5.82 Å². The molecule has 2 N–H and O–H groups in total. The summed E-state index contributed by atoms with van der Waals surface area (Å²) in [5, 5.41) is 0.717. The van der Waals surface area contributed by atoms with Gasteiger partial charge in [0.1, 0.15) is 5.82 Å². The van der Waals surface area contributed by atoms with Gasteiger partial charge in [-0.2, -0.15) is 0 Å². The van der Waals surface area contributed by atoms with Gasteiger partial charge in [-0.25, -0.2) is 4.39 Å². The van der Waals surface area contributed by atoms with E-state index in [9.17, 15) is 4.39 Å². The zero-order chi connectivity index (χ0) is 11.7. The molecule has 16 heavy (non-hydrogen) atoms.